The third-order valence-electron chi connectivity index (χ3n) is 4.15. The quantitative estimate of drug-likeness (QED) is 0.709. The van der Waals surface area contributed by atoms with Crippen LogP contribution in [0, 0.1) is 13.8 Å². The van der Waals surface area contributed by atoms with Crippen molar-refractivity contribution in [2.75, 3.05) is 5.73 Å². The maximum Gasteiger partial charge on any atom is 0.107 e. The van der Waals surface area contributed by atoms with Crippen molar-refractivity contribution in [3.8, 4) is 0 Å². The smallest absolute Gasteiger partial charge is 0.107 e. The summed E-state index contributed by atoms with van der Waals surface area (Å²) in [6, 6.07) is 12.4. The van der Waals surface area contributed by atoms with Crippen LogP contribution in [0.3, 0.4) is 0 Å². The van der Waals surface area contributed by atoms with Crippen LogP contribution in [0.4, 0.5) is 5.69 Å². The molecule has 21 heavy (non-hydrogen) atoms. The molecule has 0 aliphatic heterocycles. The molecule has 2 aromatic carbocycles. The SMILES string of the molecule is Cc1cc2nc(CC(C)c3ccc(N)cc3)[nH]c2cc1C. The van der Waals surface area contributed by atoms with Crippen LogP contribution >= 0.6 is 0 Å². The van der Waals surface area contributed by atoms with Crippen molar-refractivity contribution in [1.82, 2.24) is 9.97 Å². The van der Waals surface area contributed by atoms with Gasteiger partial charge in [-0.3, -0.25) is 0 Å². The number of fused-ring (bicyclic) bond motifs is 1. The molecule has 0 bridgehead atoms. The Bertz CT molecular complexity index is 730. The Labute approximate surface area is 125 Å². The van der Waals surface area contributed by atoms with E-state index in [2.05, 4.69) is 50.0 Å². The molecule has 0 amide bonds. The fourth-order valence-corrected chi connectivity index (χ4v) is 2.65. The molecule has 3 heteroatoms. The summed E-state index contributed by atoms with van der Waals surface area (Å²) in [7, 11) is 0. The first-order valence-electron chi connectivity index (χ1n) is 7.34. The van der Waals surface area contributed by atoms with Gasteiger partial charge in [-0.2, -0.15) is 0 Å². The van der Waals surface area contributed by atoms with Crippen molar-refractivity contribution < 1.29 is 0 Å². The molecule has 1 unspecified atom stereocenters. The monoisotopic (exact) mass is 279 g/mol. The van der Waals surface area contributed by atoms with E-state index in [1.807, 2.05) is 12.1 Å². The molecule has 3 N–H and O–H groups in total. The predicted molar refractivity (Wildman–Crippen MR) is 88.5 cm³/mol. The molecule has 0 spiro atoms. The second-order valence-electron chi connectivity index (χ2n) is 5.91. The van der Waals surface area contributed by atoms with E-state index in [9.17, 15) is 0 Å². The zero-order valence-electron chi connectivity index (χ0n) is 12.8. The fourth-order valence-electron chi connectivity index (χ4n) is 2.65. The molecule has 1 heterocycles. The van der Waals surface area contributed by atoms with Gasteiger partial charge in [-0.05, 0) is 60.7 Å². The lowest BCUT2D eigenvalue weighted by atomic mass is 9.97. The molecular weight excluding hydrogens is 258 g/mol. The average molecular weight is 279 g/mol. The first kappa shape index (κ1) is 13.7. The number of benzene rings is 2. The van der Waals surface area contributed by atoms with Crippen LogP contribution < -0.4 is 5.73 Å². The highest BCUT2D eigenvalue weighted by Crippen LogP contribution is 2.23. The molecular formula is C18H21N3. The molecule has 0 aliphatic rings. The van der Waals surface area contributed by atoms with Gasteiger partial charge in [0.2, 0.25) is 0 Å². The standard InChI is InChI=1S/C18H21N3/c1-11-8-16-17(9-12(11)2)21-18(20-16)10-13(3)14-4-6-15(19)7-5-14/h4-9,13H,10,19H2,1-3H3,(H,20,21). The highest BCUT2D eigenvalue weighted by molar-refractivity contribution is 5.77. The van der Waals surface area contributed by atoms with Gasteiger partial charge in [0.25, 0.3) is 0 Å². The average Bonchev–Trinajstić information content (AvgIpc) is 2.81. The maximum absolute atomic E-state index is 5.74. The summed E-state index contributed by atoms with van der Waals surface area (Å²) in [6.07, 6.45) is 0.899. The Morgan fingerprint density at radius 1 is 1.10 bits per heavy atom. The van der Waals surface area contributed by atoms with E-state index in [-0.39, 0.29) is 0 Å². The van der Waals surface area contributed by atoms with Gasteiger partial charge in [0, 0.05) is 12.1 Å². The van der Waals surface area contributed by atoms with Crippen molar-refractivity contribution >= 4 is 16.7 Å². The number of H-pyrrole nitrogens is 1. The molecule has 1 aromatic heterocycles. The number of rotatable bonds is 3. The van der Waals surface area contributed by atoms with Crippen LogP contribution in [-0.2, 0) is 6.42 Å². The highest BCUT2D eigenvalue weighted by Gasteiger charge is 2.11. The third kappa shape index (κ3) is 2.77. The van der Waals surface area contributed by atoms with Crippen LogP contribution in [0.15, 0.2) is 36.4 Å². The first-order chi connectivity index (χ1) is 10.0. The summed E-state index contributed by atoms with van der Waals surface area (Å²) in [4.78, 5) is 8.16. The molecule has 0 saturated carbocycles. The van der Waals surface area contributed by atoms with Crippen LogP contribution in [0.2, 0.25) is 0 Å². The number of anilines is 1. The summed E-state index contributed by atoms with van der Waals surface area (Å²) in [5.41, 5.74) is 12.6. The van der Waals surface area contributed by atoms with E-state index in [1.54, 1.807) is 0 Å². The van der Waals surface area contributed by atoms with E-state index in [4.69, 9.17) is 10.7 Å². The Balaban J connectivity index is 1.85. The van der Waals surface area contributed by atoms with E-state index < -0.39 is 0 Å². The summed E-state index contributed by atoms with van der Waals surface area (Å²) in [6.45, 7) is 6.47. The number of aromatic amines is 1. The number of aromatic nitrogens is 2. The molecule has 3 nitrogen and oxygen atoms in total. The predicted octanol–water partition coefficient (Wildman–Crippen LogP) is 4.11. The van der Waals surface area contributed by atoms with Gasteiger partial charge >= 0.3 is 0 Å². The summed E-state index contributed by atoms with van der Waals surface area (Å²) in [5.74, 6) is 1.45. The lowest BCUT2D eigenvalue weighted by Crippen LogP contribution is -2.00. The van der Waals surface area contributed by atoms with Crippen LogP contribution in [-0.4, -0.2) is 9.97 Å². The van der Waals surface area contributed by atoms with E-state index in [0.717, 1.165) is 29.0 Å². The maximum atomic E-state index is 5.74. The number of hydrogen-bond donors (Lipinski definition) is 2. The first-order valence-corrected chi connectivity index (χ1v) is 7.34. The van der Waals surface area contributed by atoms with Gasteiger partial charge in [-0.15, -0.1) is 0 Å². The second-order valence-corrected chi connectivity index (χ2v) is 5.91. The molecule has 108 valence electrons. The highest BCUT2D eigenvalue weighted by atomic mass is 14.9. The second kappa shape index (κ2) is 5.24. The van der Waals surface area contributed by atoms with Crippen molar-refractivity contribution in [2.24, 2.45) is 0 Å². The minimum Gasteiger partial charge on any atom is -0.399 e. The molecule has 0 aliphatic carbocycles. The minimum atomic E-state index is 0.411. The minimum absolute atomic E-state index is 0.411. The molecule has 3 aromatic rings. The lowest BCUT2D eigenvalue weighted by molar-refractivity contribution is 0.729. The van der Waals surface area contributed by atoms with Crippen LogP contribution in [0.1, 0.15) is 35.4 Å². The van der Waals surface area contributed by atoms with Crippen LogP contribution in [0.25, 0.3) is 11.0 Å². The molecule has 0 saturated heterocycles. The zero-order valence-corrected chi connectivity index (χ0v) is 12.8. The summed E-state index contributed by atoms with van der Waals surface area (Å²) in [5, 5.41) is 0. The van der Waals surface area contributed by atoms with E-state index >= 15 is 0 Å². The number of hydrogen-bond acceptors (Lipinski definition) is 2. The number of aryl methyl sites for hydroxylation is 2. The van der Waals surface area contributed by atoms with Gasteiger partial charge in [-0.25, -0.2) is 4.98 Å². The molecule has 3 rings (SSSR count). The Morgan fingerprint density at radius 2 is 1.76 bits per heavy atom. The van der Waals surface area contributed by atoms with Gasteiger partial charge in [-0.1, -0.05) is 19.1 Å². The number of nitrogens with zero attached hydrogens (tertiary/aromatic N) is 1. The third-order valence-corrected chi connectivity index (χ3v) is 4.15. The molecule has 1 atom stereocenters. The Kier molecular flexibility index (Phi) is 3.42. The summed E-state index contributed by atoms with van der Waals surface area (Å²) >= 11 is 0. The van der Waals surface area contributed by atoms with Crippen molar-refractivity contribution in [3.63, 3.8) is 0 Å². The Hall–Kier alpha value is -2.29. The van der Waals surface area contributed by atoms with Gasteiger partial charge in [0.15, 0.2) is 0 Å². The van der Waals surface area contributed by atoms with Gasteiger partial charge < -0.3 is 10.7 Å². The molecule has 0 fully saturated rings. The van der Waals surface area contributed by atoms with Crippen molar-refractivity contribution in [2.45, 2.75) is 33.1 Å². The lowest BCUT2D eigenvalue weighted by Gasteiger charge is -2.10. The van der Waals surface area contributed by atoms with E-state index in [0.29, 0.717) is 5.92 Å². The number of nitrogens with two attached hydrogens (primary N) is 1. The van der Waals surface area contributed by atoms with Crippen LogP contribution in [0.5, 0.6) is 0 Å². The largest absolute Gasteiger partial charge is 0.399 e. The van der Waals surface area contributed by atoms with Crippen molar-refractivity contribution in [3.05, 3.63) is 58.9 Å². The number of imidazole rings is 1. The molecule has 0 radical (unpaired) electrons. The van der Waals surface area contributed by atoms with Gasteiger partial charge in [0.1, 0.15) is 5.82 Å². The van der Waals surface area contributed by atoms with E-state index in [1.165, 1.54) is 16.7 Å². The number of nitrogens with one attached hydrogen (secondary N) is 1. The zero-order chi connectivity index (χ0) is 15.0. The normalized spacial score (nSPS) is 12.7. The van der Waals surface area contributed by atoms with Crippen molar-refractivity contribution in [1.29, 1.82) is 0 Å². The van der Waals surface area contributed by atoms with Gasteiger partial charge in [0.05, 0.1) is 11.0 Å². The Morgan fingerprint density at radius 3 is 2.48 bits per heavy atom. The number of nitrogen functional groups attached to an aromatic ring is 1. The fraction of sp³-hybridized carbons (Fsp3) is 0.278. The summed E-state index contributed by atoms with van der Waals surface area (Å²) < 4.78 is 0. The topological polar surface area (TPSA) is 54.7 Å².